The third kappa shape index (κ3) is 2.87. The molecule has 0 amide bonds. The molecule has 0 fully saturated rings. The van der Waals surface area contributed by atoms with E-state index in [0.29, 0.717) is 11.6 Å². The highest BCUT2D eigenvalue weighted by Crippen LogP contribution is 2.31. The zero-order valence-electron chi connectivity index (χ0n) is 8.11. The van der Waals surface area contributed by atoms with Crippen LogP contribution >= 0.6 is 27.5 Å². The second-order valence-corrected chi connectivity index (χ2v) is 4.33. The lowest BCUT2D eigenvalue weighted by Crippen LogP contribution is -2.03. The Bertz CT molecular complexity index is 292. The summed E-state index contributed by atoms with van der Waals surface area (Å²) in [5.41, 5.74) is 7.52. The average molecular weight is 278 g/mol. The van der Waals surface area contributed by atoms with Gasteiger partial charge in [-0.2, -0.15) is 0 Å². The maximum atomic E-state index is 6.10. The van der Waals surface area contributed by atoms with E-state index in [-0.39, 0.29) is 0 Å². The molecule has 0 bridgehead atoms. The molecule has 1 aromatic rings. The molecule has 78 valence electrons. The fourth-order valence-corrected chi connectivity index (χ4v) is 2.23. The van der Waals surface area contributed by atoms with Crippen molar-refractivity contribution in [3.05, 3.63) is 27.2 Å². The van der Waals surface area contributed by atoms with Crippen molar-refractivity contribution in [2.45, 2.75) is 19.9 Å². The summed E-state index contributed by atoms with van der Waals surface area (Å²) in [7, 11) is 0. The Morgan fingerprint density at radius 1 is 1.50 bits per heavy atom. The van der Waals surface area contributed by atoms with E-state index < -0.39 is 0 Å². The second kappa shape index (κ2) is 5.59. The van der Waals surface area contributed by atoms with Crippen LogP contribution in [0, 0.1) is 0 Å². The minimum Gasteiger partial charge on any atom is -0.383 e. The highest BCUT2D eigenvalue weighted by atomic mass is 79.9. The number of benzene rings is 1. The zero-order valence-corrected chi connectivity index (χ0v) is 10.5. The van der Waals surface area contributed by atoms with Gasteiger partial charge in [-0.15, -0.1) is 0 Å². The average Bonchev–Trinajstić information content (AvgIpc) is 2.16. The molecule has 1 rings (SSSR count). The largest absolute Gasteiger partial charge is 0.383 e. The van der Waals surface area contributed by atoms with Crippen LogP contribution in [0.3, 0.4) is 0 Å². The van der Waals surface area contributed by atoms with Crippen LogP contribution in [-0.2, 0) is 6.54 Å². The molecule has 4 heteroatoms. The van der Waals surface area contributed by atoms with Crippen molar-refractivity contribution in [1.29, 1.82) is 0 Å². The van der Waals surface area contributed by atoms with Gasteiger partial charge >= 0.3 is 0 Å². The van der Waals surface area contributed by atoms with Gasteiger partial charge in [0.05, 0.1) is 10.7 Å². The molecular formula is C10H14BrClN2. The molecule has 0 heterocycles. The Balaban J connectivity index is 2.93. The summed E-state index contributed by atoms with van der Waals surface area (Å²) in [5, 5.41) is 3.98. The first-order valence-corrected chi connectivity index (χ1v) is 5.78. The fraction of sp³-hybridized carbons (Fsp3) is 0.400. The number of nitrogens with one attached hydrogen (secondary N) is 1. The minimum atomic E-state index is 0.506. The van der Waals surface area contributed by atoms with E-state index >= 15 is 0 Å². The lowest BCUT2D eigenvalue weighted by atomic mass is 10.2. The first-order chi connectivity index (χ1) is 6.69. The molecule has 0 radical (unpaired) electrons. The van der Waals surface area contributed by atoms with Gasteiger partial charge in [-0.25, -0.2) is 0 Å². The molecule has 3 N–H and O–H groups in total. The van der Waals surface area contributed by atoms with E-state index in [4.69, 9.17) is 17.3 Å². The molecule has 0 unspecified atom stereocenters. The molecule has 0 aliphatic carbocycles. The van der Waals surface area contributed by atoms with Gasteiger partial charge in [0, 0.05) is 17.6 Å². The predicted octanol–water partition coefficient (Wildman–Crippen LogP) is 3.38. The second-order valence-electron chi connectivity index (χ2n) is 3.07. The molecule has 0 saturated heterocycles. The molecular weight excluding hydrogens is 263 g/mol. The topological polar surface area (TPSA) is 38.0 Å². The van der Waals surface area contributed by atoms with Crippen molar-refractivity contribution in [3.8, 4) is 0 Å². The molecule has 0 atom stereocenters. The first kappa shape index (κ1) is 11.8. The third-order valence-electron chi connectivity index (χ3n) is 1.89. The van der Waals surface area contributed by atoms with Gasteiger partial charge in [-0.3, -0.25) is 0 Å². The van der Waals surface area contributed by atoms with E-state index in [2.05, 4.69) is 28.2 Å². The minimum absolute atomic E-state index is 0.506. The summed E-state index contributed by atoms with van der Waals surface area (Å²) in [5.74, 6) is 0. The number of hydrogen-bond acceptors (Lipinski definition) is 2. The molecule has 0 aliphatic heterocycles. The molecule has 0 aliphatic rings. The molecule has 2 nitrogen and oxygen atoms in total. The van der Waals surface area contributed by atoms with Crippen LogP contribution in [0.4, 0.5) is 5.69 Å². The van der Waals surface area contributed by atoms with Gasteiger partial charge in [0.1, 0.15) is 0 Å². The summed E-state index contributed by atoms with van der Waals surface area (Å²) in [6.07, 6.45) is 1.07. The van der Waals surface area contributed by atoms with Gasteiger partial charge < -0.3 is 11.1 Å². The van der Waals surface area contributed by atoms with Crippen LogP contribution in [-0.4, -0.2) is 6.54 Å². The van der Waals surface area contributed by atoms with Crippen molar-refractivity contribution in [1.82, 2.24) is 0 Å². The number of hydrogen-bond donors (Lipinski definition) is 2. The number of nitrogens with two attached hydrogens (primary N) is 1. The normalized spacial score (nSPS) is 10.3. The highest BCUT2D eigenvalue weighted by molar-refractivity contribution is 9.10. The van der Waals surface area contributed by atoms with Crippen molar-refractivity contribution in [2.24, 2.45) is 5.73 Å². The van der Waals surface area contributed by atoms with Crippen LogP contribution in [0.5, 0.6) is 0 Å². The van der Waals surface area contributed by atoms with Crippen LogP contribution in [0.2, 0.25) is 5.02 Å². The van der Waals surface area contributed by atoms with Crippen LogP contribution in [0.25, 0.3) is 0 Å². The SMILES string of the molecule is CCCNc1c(Cl)cc(CN)cc1Br. The molecule has 1 aromatic carbocycles. The zero-order chi connectivity index (χ0) is 10.6. The summed E-state index contributed by atoms with van der Waals surface area (Å²) in [6.45, 7) is 3.54. The van der Waals surface area contributed by atoms with E-state index in [9.17, 15) is 0 Å². The van der Waals surface area contributed by atoms with Crippen LogP contribution < -0.4 is 11.1 Å². The molecule has 0 spiro atoms. The molecule has 0 saturated carbocycles. The Morgan fingerprint density at radius 2 is 2.21 bits per heavy atom. The fourth-order valence-electron chi connectivity index (χ4n) is 1.16. The maximum absolute atomic E-state index is 6.10. The molecule has 0 aromatic heterocycles. The van der Waals surface area contributed by atoms with E-state index in [1.54, 1.807) is 0 Å². The van der Waals surface area contributed by atoms with E-state index in [0.717, 1.165) is 28.7 Å². The summed E-state index contributed by atoms with van der Waals surface area (Å²) < 4.78 is 0.971. The first-order valence-electron chi connectivity index (χ1n) is 4.61. The van der Waals surface area contributed by atoms with Crippen LogP contribution in [0.1, 0.15) is 18.9 Å². The van der Waals surface area contributed by atoms with Crippen molar-refractivity contribution in [3.63, 3.8) is 0 Å². The number of anilines is 1. The Labute approximate surface area is 98.0 Å². The smallest absolute Gasteiger partial charge is 0.0674 e. The van der Waals surface area contributed by atoms with Crippen molar-refractivity contribution in [2.75, 3.05) is 11.9 Å². The lowest BCUT2D eigenvalue weighted by Gasteiger charge is -2.11. The van der Waals surface area contributed by atoms with Gasteiger partial charge in [0.2, 0.25) is 0 Å². The Hall–Kier alpha value is -0.250. The van der Waals surface area contributed by atoms with Gasteiger partial charge in [0.25, 0.3) is 0 Å². The maximum Gasteiger partial charge on any atom is 0.0674 e. The number of rotatable bonds is 4. The highest BCUT2D eigenvalue weighted by Gasteiger charge is 2.06. The number of halogens is 2. The van der Waals surface area contributed by atoms with E-state index in [1.807, 2.05) is 12.1 Å². The van der Waals surface area contributed by atoms with Gasteiger partial charge in [0.15, 0.2) is 0 Å². The van der Waals surface area contributed by atoms with Crippen molar-refractivity contribution >= 4 is 33.2 Å². The quantitative estimate of drug-likeness (QED) is 0.885. The Kier molecular flexibility index (Phi) is 4.72. The molecule has 14 heavy (non-hydrogen) atoms. The van der Waals surface area contributed by atoms with Gasteiger partial charge in [-0.1, -0.05) is 18.5 Å². The standard InChI is InChI=1S/C10H14BrClN2/c1-2-3-14-10-8(11)4-7(6-13)5-9(10)12/h4-5,14H,2-3,6,13H2,1H3. The summed E-state index contributed by atoms with van der Waals surface area (Å²) in [4.78, 5) is 0. The monoisotopic (exact) mass is 276 g/mol. The van der Waals surface area contributed by atoms with Crippen LogP contribution in [0.15, 0.2) is 16.6 Å². The van der Waals surface area contributed by atoms with Crippen molar-refractivity contribution < 1.29 is 0 Å². The van der Waals surface area contributed by atoms with Gasteiger partial charge in [-0.05, 0) is 40.0 Å². The summed E-state index contributed by atoms with van der Waals surface area (Å²) in [6, 6.07) is 3.88. The Morgan fingerprint density at radius 3 is 2.71 bits per heavy atom. The lowest BCUT2D eigenvalue weighted by molar-refractivity contribution is 0.977. The predicted molar refractivity (Wildman–Crippen MR) is 65.8 cm³/mol. The third-order valence-corrected chi connectivity index (χ3v) is 2.81. The van der Waals surface area contributed by atoms with E-state index in [1.165, 1.54) is 0 Å². The summed E-state index contributed by atoms with van der Waals surface area (Å²) >= 11 is 9.57.